The van der Waals surface area contributed by atoms with Crippen molar-refractivity contribution >= 4 is 0 Å². The van der Waals surface area contributed by atoms with Crippen LogP contribution in [0.5, 0.6) is 0 Å². The molecular weight excluding hydrogens is 216 g/mol. The molecule has 0 N–H and O–H groups in total. The normalized spacial score (nSPS) is 13.0. The third-order valence-corrected chi connectivity index (χ3v) is 3.47. The molecule has 0 radical (unpaired) electrons. The van der Waals surface area contributed by atoms with Gasteiger partial charge in [0.05, 0.1) is 0 Å². The Morgan fingerprint density at radius 2 is 1.61 bits per heavy atom. The summed E-state index contributed by atoms with van der Waals surface area (Å²) in [5.74, 6) is 0.547. The zero-order valence-corrected chi connectivity index (χ0v) is 12.1. The van der Waals surface area contributed by atoms with Gasteiger partial charge in [-0.25, -0.2) is 0 Å². The van der Waals surface area contributed by atoms with E-state index in [0.29, 0.717) is 5.92 Å². The van der Waals surface area contributed by atoms with Crippen LogP contribution in [0.2, 0.25) is 0 Å². The zero-order valence-electron chi connectivity index (χ0n) is 12.1. The van der Waals surface area contributed by atoms with Gasteiger partial charge in [-0.3, -0.25) is 0 Å². The van der Waals surface area contributed by atoms with Crippen molar-refractivity contribution < 1.29 is 0 Å². The third-order valence-electron chi connectivity index (χ3n) is 3.47. The molecule has 0 spiro atoms. The smallest absolute Gasteiger partial charge is 0.00104 e. The van der Waals surface area contributed by atoms with E-state index in [9.17, 15) is 0 Å². The van der Waals surface area contributed by atoms with E-state index < -0.39 is 0 Å². The molecule has 0 aliphatic heterocycles. The quantitative estimate of drug-likeness (QED) is 0.364. The first-order valence-electron chi connectivity index (χ1n) is 7.56. The Balaban J connectivity index is 2.10. The summed E-state index contributed by atoms with van der Waals surface area (Å²) in [7, 11) is 0. The maximum absolute atomic E-state index is 2.36. The maximum atomic E-state index is 2.36. The minimum Gasteiger partial charge on any atom is -0.0879 e. The van der Waals surface area contributed by atoms with Crippen LogP contribution in [0, 0.1) is 0 Å². The molecule has 18 heavy (non-hydrogen) atoms. The van der Waals surface area contributed by atoms with Gasteiger partial charge in [0.1, 0.15) is 0 Å². The number of hydrogen-bond donors (Lipinski definition) is 0. The minimum absolute atomic E-state index is 0.547. The van der Waals surface area contributed by atoms with Gasteiger partial charge in [0.25, 0.3) is 0 Å². The van der Waals surface area contributed by atoms with E-state index in [1.807, 2.05) is 0 Å². The molecule has 1 rings (SSSR count). The van der Waals surface area contributed by atoms with E-state index in [-0.39, 0.29) is 0 Å². The van der Waals surface area contributed by atoms with Gasteiger partial charge in [-0.05, 0) is 24.3 Å². The van der Waals surface area contributed by atoms with E-state index in [1.54, 1.807) is 0 Å². The Morgan fingerprint density at radius 1 is 0.944 bits per heavy atom. The molecule has 1 atom stereocenters. The first-order chi connectivity index (χ1) is 8.84. The molecule has 0 heteroatoms. The highest BCUT2D eigenvalue weighted by atomic mass is 14.0. The Hall–Kier alpha value is -1.04. The van der Waals surface area contributed by atoms with Crippen LogP contribution in [-0.2, 0) is 0 Å². The van der Waals surface area contributed by atoms with Crippen molar-refractivity contribution in [2.45, 2.75) is 64.7 Å². The fourth-order valence-corrected chi connectivity index (χ4v) is 2.21. The van der Waals surface area contributed by atoms with Crippen LogP contribution in [-0.4, -0.2) is 0 Å². The average molecular weight is 244 g/mol. The van der Waals surface area contributed by atoms with Crippen LogP contribution >= 0.6 is 0 Å². The van der Waals surface area contributed by atoms with Gasteiger partial charge >= 0.3 is 0 Å². The highest BCUT2D eigenvalue weighted by Crippen LogP contribution is 2.16. The molecule has 0 saturated carbocycles. The Labute approximate surface area is 113 Å². The Bertz CT molecular complexity index is 310. The predicted molar refractivity (Wildman–Crippen MR) is 82.0 cm³/mol. The largest absolute Gasteiger partial charge is 0.0879 e. The van der Waals surface area contributed by atoms with Crippen molar-refractivity contribution in [3.8, 4) is 0 Å². The summed E-state index contributed by atoms with van der Waals surface area (Å²) in [5.41, 5.74) is 1.41. The topological polar surface area (TPSA) is 0 Å². The highest BCUT2D eigenvalue weighted by Gasteiger charge is 1.98. The first kappa shape index (κ1) is 15.0. The van der Waals surface area contributed by atoms with Crippen LogP contribution in [0.15, 0.2) is 42.5 Å². The molecular formula is C18H28. The molecule has 0 fully saturated rings. The lowest BCUT2D eigenvalue weighted by Gasteiger charge is -2.05. The number of rotatable bonds is 9. The van der Waals surface area contributed by atoms with Gasteiger partial charge in [-0.1, -0.05) is 88.4 Å². The molecule has 1 aromatic rings. The van der Waals surface area contributed by atoms with Crippen LogP contribution in [0.4, 0.5) is 0 Å². The van der Waals surface area contributed by atoms with Gasteiger partial charge in [0, 0.05) is 0 Å². The molecule has 0 nitrogen and oxygen atoms in total. The second-order valence-electron chi connectivity index (χ2n) is 5.18. The van der Waals surface area contributed by atoms with Crippen molar-refractivity contribution in [1.82, 2.24) is 0 Å². The second-order valence-corrected chi connectivity index (χ2v) is 5.18. The predicted octanol–water partition coefficient (Wildman–Crippen LogP) is 6.10. The van der Waals surface area contributed by atoms with Crippen LogP contribution < -0.4 is 0 Å². The van der Waals surface area contributed by atoms with Gasteiger partial charge in [-0.2, -0.15) is 0 Å². The summed E-state index contributed by atoms with van der Waals surface area (Å²) < 4.78 is 0. The molecule has 100 valence electrons. The Morgan fingerprint density at radius 3 is 2.33 bits per heavy atom. The number of benzene rings is 1. The van der Waals surface area contributed by atoms with Crippen LogP contribution in [0.1, 0.15) is 70.3 Å². The molecule has 0 aliphatic rings. The first-order valence-corrected chi connectivity index (χ1v) is 7.56. The van der Waals surface area contributed by atoms with Crippen LogP contribution in [0.25, 0.3) is 0 Å². The lowest BCUT2D eigenvalue weighted by Crippen LogP contribution is -1.87. The third kappa shape index (κ3) is 6.64. The zero-order chi connectivity index (χ0) is 13.1. The molecule has 0 amide bonds. The van der Waals surface area contributed by atoms with E-state index >= 15 is 0 Å². The standard InChI is InChI=1S/C18H28/c1-3-4-5-6-7-8-9-11-14-17(2)18-15-12-10-13-16-18/h10-17H,3-9H2,1-2H3. The lowest BCUT2D eigenvalue weighted by molar-refractivity contribution is 0.611. The summed E-state index contributed by atoms with van der Waals surface area (Å²) in [6.45, 7) is 4.54. The number of hydrogen-bond acceptors (Lipinski definition) is 0. The van der Waals surface area contributed by atoms with Crippen molar-refractivity contribution in [2.75, 3.05) is 0 Å². The SMILES string of the molecule is CCCCCCCCC=CC(C)c1ccccc1. The minimum atomic E-state index is 0.547. The molecule has 0 aliphatic carbocycles. The van der Waals surface area contributed by atoms with E-state index in [1.165, 1.54) is 50.5 Å². The van der Waals surface area contributed by atoms with Crippen molar-refractivity contribution in [2.24, 2.45) is 0 Å². The van der Waals surface area contributed by atoms with E-state index in [0.717, 1.165) is 0 Å². The second kappa shape index (κ2) is 9.94. The van der Waals surface area contributed by atoms with Gasteiger partial charge in [0.15, 0.2) is 0 Å². The Kier molecular flexibility index (Phi) is 8.29. The van der Waals surface area contributed by atoms with Crippen molar-refractivity contribution in [3.63, 3.8) is 0 Å². The molecule has 0 bridgehead atoms. The van der Waals surface area contributed by atoms with Crippen molar-refractivity contribution in [3.05, 3.63) is 48.0 Å². The number of unbranched alkanes of at least 4 members (excludes halogenated alkanes) is 6. The van der Waals surface area contributed by atoms with E-state index in [4.69, 9.17) is 0 Å². The molecule has 1 unspecified atom stereocenters. The molecule has 0 saturated heterocycles. The van der Waals surface area contributed by atoms with Crippen LogP contribution in [0.3, 0.4) is 0 Å². The fraction of sp³-hybridized carbons (Fsp3) is 0.556. The number of allylic oxidation sites excluding steroid dienone is 2. The molecule has 1 aromatic carbocycles. The maximum Gasteiger partial charge on any atom is -0.00104 e. The molecule has 0 heterocycles. The van der Waals surface area contributed by atoms with Gasteiger partial charge < -0.3 is 0 Å². The fourth-order valence-electron chi connectivity index (χ4n) is 2.21. The summed E-state index contributed by atoms with van der Waals surface area (Å²) in [5, 5.41) is 0. The van der Waals surface area contributed by atoms with Gasteiger partial charge in [-0.15, -0.1) is 0 Å². The lowest BCUT2D eigenvalue weighted by atomic mass is 10.00. The van der Waals surface area contributed by atoms with Crippen molar-refractivity contribution in [1.29, 1.82) is 0 Å². The summed E-state index contributed by atoms with van der Waals surface area (Å²) in [6, 6.07) is 10.7. The summed E-state index contributed by atoms with van der Waals surface area (Å²) in [6.07, 6.45) is 14.3. The van der Waals surface area contributed by atoms with E-state index in [2.05, 4.69) is 56.3 Å². The highest BCUT2D eigenvalue weighted by molar-refractivity contribution is 5.22. The summed E-state index contributed by atoms with van der Waals surface area (Å²) >= 11 is 0. The monoisotopic (exact) mass is 244 g/mol. The average Bonchev–Trinajstić information content (AvgIpc) is 2.42. The summed E-state index contributed by atoms with van der Waals surface area (Å²) in [4.78, 5) is 0. The van der Waals surface area contributed by atoms with Gasteiger partial charge in [0.2, 0.25) is 0 Å². The molecule has 0 aromatic heterocycles.